The summed E-state index contributed by atoms with van der Waals surface area (Å²) < 4.78 is 18.9. The first kappa shape index (κ1) is 68.3. The second-order valence-electron chi connectivity index (χ2n) is 29.0. The van der Waals surface area contributed by atoms with E-state index in [-0.39, 0.29) is 16.6 Å². The largest absolute Gasteiger partial charge is 0.507 e. The molecule has 1 N–H and O–H groups in total. The van der Waals surface area contributed by atoms with Gasteiger partial charge in [-0.1, -0.05) is 152 Å². The van der Waals surface area contributed by atoms with Gasteiger partial charge in [-0.25, -0.2) is 0 Å². The van der Waals surface area contributed by atoms with Crippen LogP contribution in [0.25, 0.3) is 0 Å². The zero-order chi connectivity index (χ0) is 59.8. The highest BCUT2D eigenvalue weighted by molar-refractivity contribution is 5.60. The summed E-state index contributed by atoms with van der Waals surface area (Å²) in [5, 5.41) is 10.2. The van der Waals surface area contributed by atoms with Crippen LogP contribution in [0.1, 0.15) is 254 Å². The molecule has 80 heavy (non-hydrogen) atoms. The number of hydrogen-bond acceptors (Lipinski definition) is 5. The van der Waals surface area contributed by atoms with Crippen LogP contribution in [-0.2, 0) is 38.5 Å². The third-order valence-electron chi connectivity index (χ3n) is 17.7. The fourth-order valence-electron chi connectivity index (χ4n) is 13.7. The van der Waals surface area contributed by atoms with Gasteiger partial charge in [0.15, 0.2) is 0 Å². The molecule has 0 bridgehead atoms. The van der Waals surface area contributed by atoms with Crippen molar-refractivity contribution in [3.05, 3.63) is 122 Å². The predicted molar refractivity (Wildman–Crippen MR) is 346 cm³/mol. The molecule has 0 amide bonds. The van der Waals surface area contributed by atoms with Crippen LogP contribution in [0.15, 0.2) is 55.3 Å². The summed E-state index contributed by atoms with van der Waals surface area (Å²) in [6.07, 6.45) is 27.7. The number of phenols is 1. The number of nitrogens with zero attached hydrogens (tertiary/aromatic N) is 1. The minimum Gasteiger partial charge on any atom is -0.507 e. The third kappa shape index (κ3) is 20.9. The fourth-order valence-corrected chi connectivity index (χ4v) is 13.7. The van der Waals surface area contributed by atoms with E-state index in [0.717, 1.165) is 109 Å². The van der Waals surface area contributed by atoms with Crippen molar-refractivity contribution in [3.63, 3.8) is 0 Å². The fraction of sp³-hybridized carbons (Fsp3) is 0.667. The Morgan fingerprint density at radius 3 is 1.79 bits per heavy atom. The van der Waals surface area contributed by atoms with Crippen LogP contribution >= 0.6 is 0 Å². The van der Waals surface area contributed by atoms with E-state index in [9.17, 15) is 5.11 Å². The number of aromatic nitrogens is 1. The maximum absolute atomic E-state index is 10.2. The molecule has 3 heterocycles. The van der Waals surface area contributed by atoms with Gasteiger partial charge in [-0.3, -0.25) is 4.98 Å². The predicted octanol–water partition coefficient (Wildman–Crippen LogP) is 21.2. The first-order valence-corrected chi connectivity index (χ1v) is 32.0. The van der Waals surface area contributed by atoms with E-state index in [1.165, 1.54) is 110 Å². The average Bonchev–Trinajstić information content (AvgIpc) is 3.58. The smallest absolute Gasteiger partial charge is 0.127 e. The minimum atomic E-state index is -0.0849. The second-order valence-corrected chi connectivity index (χ2v) is 29.0. The first-order chi connectivity index (χ1) is 37.4. The Kier molecular flexibility index (Phi) is 26.3. The minimum absolute atomic E-state index is 0.0677. The van der Waals surface area contributed by atoms with E-state index >= 15 is 0 Å². The van der Waals surface area contributed by atoms with Crippen molar-refractivity contribution in [1.29, 1.82) is 0 Å². The summed E-state index contributed by atoms with van der Waals surface area (Å²) in [5.74, 6) is 7.62. The molecule has 3 atom stereocenters. The third-order valence-corrected chi connectivity index (χ3v) is 17.7. The SMILES string of the molecule is C=CCOc1c(C)c(C)c2c(c1C)CCC(C)(CC(C)(C)C)O2.CC(C)CC1(C)CCCCC1.CC(C)CC1CCc2ccccc2C1.CCc1ccc(CCC(C)C)nc1.Cc1c(C)c2c(c(C)c1O)CCC(C)(CC(C)C)O2. The zero-order valence-corrected chi connectivity index (χ0v) is 55.5. The molecule has 1 aromatic heterocycles. The van der Waals surface area contributed by atoms with Gasteiger partial charge in [0.25, 0.3) is 0 Å². The Bertz CT molecular complexity index is 2530. The average molecular weight is 1100 g/mol. The molecule has 4 aliphatic rings. The topological polar surface area (TPSA) is 60.8 Å². The summed E-state index contributed by atoms with van der Waals surface area (Å²) in [6.45, 7) is 51.0. The van der Waals surface area contributed by atoms with Crippen molar-refractivity contribution in [2.24, 2.45) is 40.4 Å². The Balaban J connectivity index is 0.000000221. The van der Waals surface area contributed by atoms with Gasteiger partial charge < -0.3 is 19.3 Å². The van der Waals surface area contributed by atoms with Crippen LogP contribution in [0.4, 0.5) is 0 Å². The van der Waals surface area contributed by atoms with Gasteiger partial charge in [0, 0.05) is 23.0 Å². The number of hydrogen-bond donors (Lipinski definition) is 1. The molecule has 0 spiro atoms. The summed E-state index contributed by atoms with van der Waals surface area (Å²) in [7, 11) is 0. The maximum Gasteiger partial charge on any atom is 0.127 e. The van der Waals surface area contributed by atoms with E-state index in [1.807, 2.05) is 20.0 Å². The molecule has 5 heteroatoms. The number of aromatic hydroxyl groups is 1. The molecular formula is C75H119NO4. The first-order valence-electron chi connectivity index (χ1n) is 32.0. The van der Waals surface area contributed by atoms with Gasteiger partial charge in [-0.2, -0.15) is 0 Å². The molecule has 8 rings (SSSR count). The number of fused-ring (bicyclic) bond motifs is 3. The molecule has 2 aliphatic heterocycles. The number of rotatable bonds is 14. The van der Waals surface area contributed by atoms with Crippen molar-refractivity contribution in [1.82, 2.24) is 4.98 Å². The Morgan fingerprint density at radius 1 is 0.675 bits per heavy atom. The van der Waals surface area contributed by atoms with E-state index in [0.29, 0.717) is 23.7 Å². The number of ether oxygens (including phenoxy) is 3. The van der Waals surface area contributed by atoms with E-state index in [4.69, 9.17) is 14.2 Å². The van der Waals surface area contributed by atoms with Crippen LogP contribution in [0, 0.1) is 82.0 Å². The van der Waals surface area contributed by atoms with Crippen LogP contribution in [0.2, 0.25) is 0 Å². The molecule has 3 unspecified atom stereocenters. The molecule has 1 fully saturated rings. The second kappa shape index (κ2) is 30.9. The molecular weight excluding hydrogens is 979 g/mol. The quantitative estimate of drug-likeness (QED) is 0.128. The summed E-state index contributed by atoms with van der Waals surface area (Å²) in [6, 6.07) is 13.3. The molecule has 3 aromatic carbocycles. The zero-order valence-electron chi connectivity index (χ0n) is 55.5. The molecule has 0 saturated heterocycles. The van der Waals surface area contributed by atoms with E-state index < -0.39 is 0 Å². The Hall–Kier alpha value is -4.25. The van der Waals surface area contributed by atoms with Gasteiger partial charge in [-0.15, -0.1) is 0 Å². The van der Waals surface area contributed by atoms with E-state index in [2.05, 4.69) is 180 Å². The maximum atomic E-state index is 10.2. The van der Waals surface area contributed by atoms with Crippen molar-refractivity contribution >= 4 is 0 Å². The Morgan fingerprint density at radius 2 is 1.25 bits per heavy atom. The lowest BCUT2D eigenvalue weighted by Crippen LogP contribution is -2.40. The van der Waals surface area contributed by atoms with Crippen molar-refractivity contribution in [2.75, 3.05) is 6.61 Å². The van der Waals surface area contributed by atoms with Crippen molar-refractivity contribution < 1.29 is 19.3 Å². The van der Waals surface area contributed by atoms with E-state index in [1.54, 1.807) is 17.2 Å². The Labute approximate surface area is 492 Å². The summed E-state index contributed by atoms with van der Waals surface area (Å²) >= 11 is 0. The summed E-state index contributed by atoms with van der Waals surface area (Å²) in [5.41, 5.74) is 15.7. The number of phenolic OH excluding ortho intramolecular Hbond substituents is 1. The van der Waals surface area contributed by atoms with Gasteiger partial charge in [0.1, 0.15) is 40.8 Å². The normalized spacial score (nSPS) is 19.9. The lowest BCUT2D eigenvalue weighted by molar-refractivity contribution is 0.0240. The highest BCUT2D eigenvalue weighted by atomic mass is 16.5. The standard InChI is InChI=1S/C21H32O2.C17H26O2.C14H20.C12H19N.C11H22/c1-9-12-22-18-14(2)15(3)19-17(16(18)4)10-11-21(8,23-19)13-20(5,6)7;1-10(2)9-17(6)8-7-14-13(5)15(18)11(3)12(4)16(14)19-17;1-11(2)9-12-7-8-13-5-3-4-6-14(13)10-12;1-4-11-6-8-12(13-9-11)7-5-10(2)3;1-10(2)9-11(3)7-5-4-6-8-11/h9H,1,10-13H2,2-8H3;10,18H,7-9H2,1-6H3;3-6,11-12H,7-10H2,1-2H3;6,8-10H,4-5,7H2,1-3H3;10H,4-9H2,1-3H3. The molecule has 448 valence electrons. The molecule has 0 radical (unpaired) electrons. The number of benzene rings is 3. The van der Waals surface area contributed by atoms with Crippen LogP contribution in [0.3, 0.4) is 0 Å². The van der Waals surface area contributed by atoms with Crippen LogP contribution in [0.5, 0.6) is 23.0 Å². The monoisotopic (exact) mass is 1100 g/mol. The van der Waals surface area contributed by atoms with Gasteiger partial charge in [0.05, 0.1) is 0 Å². The lowest BCUT2D eigenvalue weighted by atomic mass is 9.71. The number of aryl methyl sites for hydroxylation is 3. The van der Waals surface area contributed by atoms with Gasteiger partial charge in [0.2, 0.25) is 0 Å². The highest BCUT2D eigenvalue weighted by Gasteiger charge is 2.38. The molecule has 5 nitrogen and oxygen atoms in total. The molecule has 2 aliphatic carbocycles. The van der Waals surface area contributed by atoms with Crippen molar-refractivity contribution in [3.8, 4) is 23.0 Å². The van der Waals surface area contributed by atoms with Gasteiger partial charge >= 0.3 is 0 Å². The van der Waals surface area contributed by atoms with Crippen LogP contribution < -0.4 is 14.2 Å². The highest BCUT2D eigenvalue weighted by Crippen LogP contribution is 2.48. The molecule has 4 aromatic rings. The molecule has 1 saturated carbocycles. The van der Waals surface area contributed by atoms with Crippen LogP contribution in [-0.4, -0.2) is 27.9 Å². The summed E-state index contributed by atoms with van der Waals surface area (Å²) in [4.78, 5) is 4.42. The van der Waals surface area contributed by atoms with Gasteiger partial charge in [-0.05, 0) is 255 Å². The lowest BCUT2D eigenvalue weighted by Gasteiger charge is -2.41. The van der Waals surface area contributed by atoms with Crippen molar-refractivity contribution in [2.45, 2.75) is 279 Å². The number of pyridine rings is 1.